The molecule has 0 aliphatic carbocycles. The predicted octanol–water partition coefficient (Wildman–Crippen LogP) is 1.79. The first kappa shape index (κ1) is 12.2. The molecule has 1 fully saturated rings. The van der Waals surface area contributed by atoms with Crippen molar-refractivity contribution >= 4 is 22.8 Å². The largest absolute Gasteiger partial charge is 0.356 e. The highest BCUT2D eigenvalue weighted by Crippen LogP contribution is 2.27. The van der Waals surface area contributed by atoms with Crippen LogP contribution < -0.4 is 10.2 Å². The Bertz CT molecular complexity index is 570. The standard InChI is InChI=1S/C13H20N6/c1-3-6-14-13-16-11-10(9-15-18(11)2)12(17-13)19-7-4-5-8-19/h9H,3-8H2,1-2H3,(H,14,16,17). The first-order valence-electron chi connectivity index (χ1n) is 6.98. The Kier molecular flexibility index (Phi) is 3.23. The molecular formula is C13H20N6. The van der Waals surface area contributed by atoms with Crippen molar-refractivity contribution in [3.05, 3.63) is 6.20 Å². The zero-order valence-corrected chi connectivity index (χ0v) is 11.6. The average molecular weight is 260 g/mol. The second-order valence-electron chi connectivity index (χ2n) is 5.00. The molecule has 2 aromatic rings. The van der Waals surface area contributed by atoms with E-state index in [9.17, 15) is 0 Å². The van der Waals surface area contributed by atoms with E-state index in [4.69, 9.17) is 0 Å². The normalized spacial score (nSPS) is 15.4. The zero-order valence-electron chi connectivity index (χ0n) is 11.6. The van der Waals surface area contributed by atoms with E-state index in [1.54, 1.807) is 0 Å². The van der Waals surface area contributed by atoms with Crippen LogP contribution in [0.5, 0.6) is 0 Å². The molecule has 0 atom stereocenters. The first-order valence-corrected chi connectivity index (χ1v) is 6.98. The van der Waals surface area contributed by atoms with E-state index in [1.165, 1.54) is 12.8 Å². The van der Waals surface area contributed by atoms with Gasteiger partial charge in [0.05, 0.1) is 11.6 Å². The third-order valence-corrected chi connectivity index (χ3v) is 3.51. The van der Waals surface area contributed by atoms with Crippen LogP contribution in [0.25, 0.3) is 11.0 Å². The van der Waals surface area contributed by atoms with Gasteiger partial charge in [0.25, 0.3) is 0 Å². The highest BCUT2D eigenvalue weighted by atomic mass is 15.3. The van der Waals surface area contributed by atoms with E-state index >= 15 is 0 Å². The zero-order chi connectivity index (χ0) is 13.2. The number of aromatic nitrogens is 4. The van der Waals surface area contributed by atoms with E-state index in [0.717, 1.165) is 42.9 Å². The lowest BCUT2D eigenvalue weighted by atomic mass is 10.3. The SMILES string of the molecule is CCCNc1nc(N2CCCC2)c2cnn(C)c2n1. The van der Waals surface area contributed by atoms with E-state index in [2.05, 4.69) is 32.2 Å². The first-order chi connectivity index (χ1) is 9.29. The molecule has 0 spiro atoms. The van der Waals surface area contributed by atoms with Crippen molar-refractivity contribution in [3.63, 3.8) is 0 Å². The molecule has 6 heteroatoms. The average Bonchev–Trinajstić information content (AvgIpc) is 3.06. The molecule has 102 valence electrons. The Balaban J connectivity index is 2.06. The maximum Gasteiger partial charge on any atom is 0.226 e. The lowest BCUT2D eigenvalue weighted by Crippen LogP contribution is -2.20. The Hall–Kier alpha value is -1.85. The van der Waals surface area contributed by atoms with Crippen LogP contribution in [-0.4, -0.2) is 39.4 Å². The van der Waals surface area contributed by atoms with Crippen molar-refractivity contribution in [2.24, 2.45) is 7.05 Å². The number of aryl methyl sites for hydroxylation is 1. The number of rotatable bonds is 4. The molecule has 19 heavy (non-hydrogen) atoms. The quantitative estimate of drug-likeness (QED) is 0.908. The summed E-state index contributed by atoms with van der Waals surface area (Å²) < 4.78 is 1.81. The Labute approximate surface area is 112 Å². The molecule has 3 rings (SSSR count). The van der Waals surface area contributed by atoms with Crippen molar-refractivity contribution < 1.29 is 0 Å². The van der Waals surface area contributed by atoms with Crippen molar-refractivity contribution in [2.45, 2.75) is 26.2 Å². The molecule has 0 saturated carbocycles. The highest BCUT2D eigenvalue weighted by Gasteiger charge is 2.19. The second kappa shape index (κ2) is 5.03. The summed E-state index contributed by atoms with van der Waals surface area (Å²) in [6.07, 6.45) is 5.41. The van der Waals surface area contributed by atoms with Crippen molar-refractivity contribution in [3.8, 4) is 0 Å². The Morgan fingerprint density at radius 3 is 2.79 bits per heavy atom. The van der Waals surface area contributed by atoms with Gasteiger partial charge in [-0.05, 0) is 19.3 Å². The fourth-order valence-corrected chi connectivity index (χ4v) is 2.49. The number of hydrogen-bond donors (Lipinski definition) is 1. The topological polar surface area (TPSA) is 58.9 Å². The van der Waals surface area contributed by atoms with Crippen LogP contribution in [0.1, 0.15) is 26.2 Å². The fraction of sp³-hybridized carbons (Fsp3) is 0.615. The van der Waals surface area contributed by atoms with E-state index in [-0.39, 0.29) is 0 Å². The monoisotopic (exact) mass is 260 g/mol. The van der Waals surface area contributed by atoms with Crippen molar-refractivity contribution in [1.82, 2.24) is 19.7 Å². The molecule has 1 aliphatic heterocycles. The summed E-state index contributed by atoms with van der Waals surface area (Å²) in [6.45, 7) is 5.18. The van der Waals surface area contributed by atoms with Gasteiger partial charge in [-0.3, -0.25) is 4.68 Å². The van der Waals surface area contributed by atoms with Crippen LogP contribution >= 0.6 is 0 Å². The maximum absolute atomic E-state index is 4.68. The van der Waals surface area contributed by atoms with E-state index in [0.29, 0.717) is 5.95 Å². The lowest BCUT2D eigenvalue weighted by molar-refractivity contribution is 0.785. The highest BCUT2D eigenvalue weighted by molar-refractivity contribution is 5.88. The summed E-state index contributed by atoms with van der Waals surface area (Å²) in [5.74, 6) is 1.73. The summed E-state index contributed by atoms with van der Waals surface area (Å²) in [7, 11) is 1.92. The number of nitrogens with one attached hydrogen (secondary N) is 1. The van der Waals surface area contributed by atoms with Gasteiger partial charge in [0.15, 0.2) is 5.65 Å². The molecule has 0 amide bonds. The van der Waals surface area contributed by atoms with Crippen LogP contribution in [0.3, 0.4) is 0 Å². The van der Waals surface area contributed by atoms with Crippen LogP contribution in [0, 0.1) is 0 Å². The van der Waals surface area contributed by atoms with Crippen LogP contribution in [0.2, 0.25) is 0 Å². The molecule has 0 bridgehead atoms. The summed E-state index contributed by atoms with van der Waals surface area (Å²) >= 11 is 0. The fourth-order valence-electron chi connectivity index (χ4n) is 2.49. The molecular weight excluding hydrogens is 240 g/mol. The number of fused-ring (bicyclic) bond motifs is 1. The summed E-state index contributed by atoms with van der Waals surface area (Å²) in [4.78, 5) is 11.6. The number of hydrogen-bond acceptors (Lipinski definition) is 5. The molecule has 0 radical (unpaired) electrons. The molecule has 6 nitrogen and oxygen atoms in total. The summed E-state index contributed by atoms with van der Waals surface area (Å²) in [6, 6.07) is 0. The third kappa shape index (κ3) is 2.22. The van der Waals surface area contributed by atoms with Crippen LogP contribution in [0.15, 0.2) is 6.20 Å². The molecule has 1 saturated heterocycles. The van der Waals surface area contributed by atoms with Gasteiger partial charge in [-0.2, -0.15) is 15.1 Å². The van der Waals surface area contributed by atoms with Gasteiger partial charge in [0.1, 0.15) is 5.82 Å². The lowest BCUT2D eigenvalue weighted by Gasteiger charge is -2.18. The molecule has 3 heterocycles. The van der Waals surface area contributed by atoms with Gasteiger partial charge in [0.2, 0.25) is 5.95 Å². The molecule has 1 N–H and O–H groups in total. The van der Waals surface area contributed by atoms with Gasteiger partial charge in [0, 0.05) is 26.7 Å². The Morgan fingerprint density at radius 1 is 1.26 bits per heavy atom. The molecule has 0 unspecified atom stereocenters. The van der Waals surface area contributed by atoms with Crippen molar-refractivity contribution in [2.75, 3.05) is 29.9 Å². The van der Waals surface area contributed by atoms with Gasteiger partial charge in [-0.25, -0.2) is 0 Å². The molecule has 0 aromatic carbocycles. The summed E-state index contributed by atoms with van der Waals surface area (Å²) in [5, 5.41) is 8.63. The molecule has 1 aliphatic rings. The second-order valence-corrected chi connectivity index (χ2v) is 5.00. The van der Waals surface area contributed by atoms with Crippen molar-refractivity contribution in [1.29, 1.82) is 0 Å². The minimum absolute atomic E-state index is 0.708. The van der Waals surface area contributed by atoms with E-state index < -0.39 is 0 Å². The number of anilines is 2. The predicted molar refractivity (Wildman–Crippen MR) is 76.5 cm³/mol. The maximum atomic E-state index is 4.68. The van der Waals surface area contributed by atoms with E-state index in [1.807, 2.05) is 17.9 Å². The van der Waals surface area contributed by atoms with Gasteiger partial charge >= 0.3 is 0 Å². The smallest absolute Gasteiger partial charge is 0.226 e. The van der Waals surface area contributed by atoms with Crippen LogP contribution in [0.4, 0.5) is 11.8 Å². The molecule has 2 aromatic heterocycles. The minimum atomic E-state index is 0.708. The third-order valence-electron chi connectivity index (χ3n) is 3.51. The Morgan fingerprint density at radius 2 is 2.05 bits per heavy atom. The van der Waals surface area contributed by atoms with Gasteiger partial charge in [-0.15, -0.1) is 0 Å². The van der Waals surface area contributed by atoms with Crippen LogP contribution in [-0.2, 0) is 7.05 Å². The summed E-state index contributed by atoms with van der Waals surface area (Å²) in [5.41, 5.74) is 0.899. The van der Waals surface area contributed by atoms with Gasteiger partial charge in [-0.1, -0.05) is 6.92 Å². The minimum Gasteiger partial charge on any atom is -0.356 e. The number of nitrogens with zero attached hydrogens (tertiary/aromatic N) is 5. The van der Waals surface area contributed by atoms with Gasteiger partial charge < -0.3 is 10.2 Å².